The van der Waals surface area contributed by atoms with Crippen molar-refractivity contribution in [1.29, 1.82) is 0 Å². The largest absolute Gasteiger partial charge is 0.341 e. The minimum atomic E-state index is -3.36. The number of benzene rings is 1. The predicted octanol–water partition coefficient (Wildman–Crippen LogP) is 2.37. The second-order valence-electron chi connectivity index (χ2n) is 5.36. The zero-order valence-corrected chi connectivity index (χ0v) is 13.6. The van der Waals surface area contributed by atoms with Gasteiger partial charge in [0.2, 0.25) is 5.91 Å². The molecule has 0 radical (unpaired) electrons. The number of hydrogen-bond acceptors (Lipinski definition) is 4. The van der Waals surface area contributed by atoms with Crippen LogP contribution in [0.15, 0.2) is 52.7 Å². The highest BCUT2D eigenvalue weighted by Gasteiger charge is 2.35. The molecule has 1 aromatic carbocycles. The molecule has 116 valence electrons. The third-order valence-electron chi connectivity index (χ3n) is 3.91. The Balaban J connectivity index is 1.68. The first-order valence-corrected chi connectivity index (χ1v) is 9.59. The van der Waals surface area contributed by atoms with E-state index in [1.165, 1.54) is 0 Å². The number of carbonyl (C=O) groups excluding carboxylic acids is 1. The predicted molar refractivity (Wildman–Crippen MR) is 86.6 cm³/mol. The van der Waals surface area contributed by atoms with E-state index in [9.17, 15) is 13.2 Å². The molecule has 6 heteroatoms. The molecule has 0 aliphatic carbocycles. The Morgan fingerprint density at radius 3 is 2.64 bits per heavy atom. The van der Waals surface area contributed by atoms with Crippen LogP contribution in [0.3, 0.4) is 0 Å². The van der Waals surface area contributed by atoms with Crippen molar-refractivity contribution in [2.75, 3.05) is 13.1 Å². The summed E-state index contributed by atoms with van der Waals surface area (Å²) in [4.78, 5) is 15.3. The highest BCUT2D eigenvalue weighted by atomic mass is 32.2. The first kappa shape index (κ1) is 15.2. The zero-order valence-electron chi connectivity index (χ0n) is 12.0. The van der Waals surface area contributed by atoms with Crippen molar-refractivity contribution in [3.8, 4) is 0 Å². The van der Waals surface area contributed by atoms with Crippen LogP contribution in [0, 0.1) is 0 Å². The zero-order chi connectivity index (χ0) is 15.6. The van der Waals surface area contributed by atoms with Gasteiger partial charge in [-0.25, -0.2) is 8.42 Å². The van der Waals surface area contributed by atoms with Crippen LogP contribution in [0.5, 0.6) is 0 Å². The van der Waals surface area contributed by atoms with Crippen LogP contribution in [0.4, 0.5) is 0 Å². The molecule has 1 aliphatic rings. The Bertz CT molecular complexity index is 739. The minimum Gasteiger partial charge on any atom is -0.341 e. The molecule has 0 bridgehead atoms. The fraction of sp³-hybridized carbons (Fsp3) is 0.312. The number of carbonyl (C=O) groups is 1. The monoisotopic (exact) mass is 335 g/mol. The molecule has 0 spiro atoms. The van der Waals surface area contributed by atoms with E-state index >= 15 is 0 Å². The molecule has 22 heavy (non-hydrogen) atoms. The van der Waals surface area contributed by atoms with E-state index in [0.717, 1.165) is 4.88 Å². The van der Waals surface area contributed by atoms with Gasteiger partial charge >= 0.3 is 0 Å². The molecule has 1 saturated heterocycles. The van der Waals surface area contributed by atoms with Gasteiger partial charge < -0.3 is 4.90 Å². The van der Waals surface area contributed by atoms with E-state index < -0.39 is 15.1 Å². The summed E-state index contributed by atoms with van der Waals surface area (Å²) in [5.41, 5.74) is 0. The summed E-state index contributed by atoms with van der Waals surface area (Å²) in [7, 11) is -3.36. The van der Waals surface area contributed by atoms with E-state index in [1.54, 1.807) is 46.6 Å². The average Bonchev–Trinajstić information content (AvgIpc) is 3.19. The Hall–Kier alpha value is -1.66. The Morgan fingerprint density at radius 1 is 1.18 bits per heavy atom. The number of amides is 1. The summed E-state index contributed by atoms with van der Waals surface area (Å²) < 4.78 is 25.2. The van der Waals surface area contributed by atoms with Gasteiger partial charge in [-0.2, -0.15) is 0 Å². The van der Waals surface area contributed by atoms with Crippen molar-refractivity contribution in [2.24, 2.45) is 0 Å². The molecule has 1 amide bonds. The normalized spacial score (nSPS) is 18.5. The second kappa shape index (κ2) is 6.22. The molecule has 1 atom stereocenters. The Labute approximate surface area is 134 Å². The maximum atomic E-state index is 12.6. The van der Waals surface area contributed by atoms with E-state index in [2.05, 4.69) is 0 Å². The standard InChI is InChI=1S/C16H17NO3S2/c18-16(11-13-5-4-10-21-13)17-9-8-15(12-17)22(19,20)14-6-2-1-3-7-14/h1-7,10,15H,8-9,11-12H2/t15-/m0/s1. The number of nitrogens with zero attached hydrogens (tertiary/aromatic N) is 1. The lowest BCUT2D eigenvalue weighted by molar-refractivity contribution is -0.129. The maximum absolute atomic E-state index is 12.6. The molecule has 0 N–H and O–H groups in total. The number of hydrogen-bond donors (Lipinski definition) is 0. The topological polar surface area (TPSA) is 54.5 Å². The van der Waals surface area contributed by atoms with Crippen molar-refractivity contribution >= 4 is 27.1 Å². The summed E-state index contributed by atoms with van der Waals surface area (Å²) >= 11 is 1.55. The third-order valence-corrected chi connectivity index (χ3v) is 6.98. The number of sulfone groups is 1. The summed E-state index contributed by atoms with van der Waals surface area (Å²) in [6.07, 6.45) is 0.864. The van der Waals surface area contributed by atoms with Crippen LogP contribution in [0.2, 0.25) is 0 Å². The molecule has 1 aliphatic heterocycles. The van der Waals surface area contributed by atoms with Crippen molar-refractivity contribution in [3.63, 3.8) is 0 Å². The minimum absolute atomic E-state index is 0.00760. The average molecular weight is 335 g/mol. The lowest BCUT2D eigenvalue weighted by Crippen LogP contribution is -2.32. The molecule has 2 aromatic rings. The van der Waals surface area contributed by atoms with Crippen LogP contribution in [-0.4, -0.2) is 37.6 Å². The molecular weight excluding hydrogens is 318 g/mol. The van der Waals surface area contributed by atoms with E-state index in [1.807, 2.05) is 17.5 Å². The van der Waals surface area contributed by atoms with E-state index in [-0.39, 0.29) is 5.91 Å². The smallest absolute Gasteiger partial charge is 0.227 e. The van der Waals surface area contributed by atoms with Gasteiger partial charge in [0, 0.05) is 18.0 Å². The van der Waals surface area contributed by atoms with Gasteiger partial charge in [-0.05, 0) is 30.0 Å². The van der Waals surface area contributed by atoms with E-state index in [4.69, 9.17) is 0 Å². The van der Waals surface area contributed by atoms with Crippen molar-refractivity contribution in [2.45, 2.75) is 23.0 Å². The van der Waals surface area contributed by atoms with Gasteiger partial charge in [0.1, 0.15) is 0 Å². The van der Waals surface area contributed by atoms with Gasteiger partial charge in [-0.15, -0.1) is 11.3 Å². The van der Waals surface area contributed by atoms with Crippen LogP contribution in [0.1, 0.15) is 11.3 Å². The quantitative estimate of drug-likeness (QED) is 0.862. The lowest BCUT2D eigenvalue weighted by Gasteiger charge is -2.16. The Kier molecular flexibility index (Phi) is 4.31. The molecule has 3 rings (SSSR count). The molecule has 2 heterocycles. The highest BCUT2D eigenvalue weighted by Crippen LogP contribution is 2.24. The Morgan fingerprint density at radius 2 is 1.95 bits per heavy atom. The summed E-state index contributed by atoms with van der Waals surface area (Å²) in [5.74, 6) is 0.00760. The molecule has 0 saturated carbocycles. The van der Waals surface area contributed by atoms with Gasteiger partial charge in [0.15, 0.2) is 9.84 Å². The highest BCUT2D eigenvalue weighted by molar-refractivity contribution is 7.92. The van der Waals surface area contributed by atoms with Crippen LogP contribution in [0.25, 0.3) is 0 Å². The third kappa shape index (κ3) is 3.08. The van der Waals surface area contributed by atoms with E-state index in [0.29, 0.717) is 30.8 Å². The molecular formula is C16H17NO3S2. The van der Waals surface area contributed by atoms with Crippen molar-refractivity contribution in [1.82, 2.24) is 4.90 Å². The number of thiophene rings is 1. The lowest BCUT2D eigenvalue weighted by atomic mass is 10.3. The first-order chi connectivity index (χ1) is 10.6. The van der Waals surface area contributed by atoms with Crippen LogP contribution in [-0.2, 0) is 21.1 Å². The second-order valence-corrected chi connectivity index (χ2v) is 8.62. The fourth-order valence-electron chi connectivity index (χ4n) is 2.68. The summed E-state index contributed by atoms with van der Waals surface area (Å²) in [6, 6.07) is 12.3. The van der Waals surface area contributed by atoms with Crippen molar-refractivity contribution < 1.29 is 13.2 Å². The van der Waals surface area contributed by atoms with Crippen LogP contribution >= 0.6 is 11.3 Å². The maximum Gasteiger partial charge on any atom is 0.227 e. The molecule has 0 unspecified atom stereocenters. The van der Waals surface area contributed by atoms with Gasteiger partial charge in [-0.3, -0.25) is 4.79 Å². The van der Waals surface area contributed by atoms with Crippen molar-refractivity contribution in [3.05, 3.63) is 52.7 Å². The van der Waals surface area contributed by atoms with Gasteiger partial charge in [-0.1, -0.05) is 24.3 Å². The molecule has 1 fully saturated rings. The van der Waals surface area contributed by atoms with Gasteiger partial charge in [0.25, 0.3) is 0 Å². The SMILES string of the molecule is O=C(Cc1cccs1)N1CC[C@H](S(=O)(=O)c2ccccc2)C1. The number of likely N-dealkylation sites (tertiary alicyclic amines) is 1. The first-order valence-electron chi connectivity index (χ1n) is 7.16. The summed E-state index contributed by atoms with van der Waals surface area (Å²) in [6.45, 7) is 0.808. The summed E-state index contributed by atoms with van der Waals surface area (Å²) in [5, 5.41) is 1.44. The fourth-order valence-corrected chi connectivity index (χ4v) is 5.09. The molecule has 4 nitrogen and oxygen atoms in total. The van der Waals surface area contributed by atoms with Crippen LogP contribution < -0.4 is 0 Å². The number of rotatable bonds is 4. The molecule has 1 aromatic heterocycles. The van der Waals surface area contributed by atoms with Gasteiger partial charge in [0.05, 0.1) is 16.6 Å².